The molecule has 1 fully saturated rings. The second kappa shape index (κ2) is 6.45. The Morgan fingerprint density at radius 3 is 3.00 bits per heavy atom. The van der Waals surface area contributed by atoms with E-state index in [1.54, 1.807) is 11.3 Å². The molecule has 2 aromatic rings. The number of rotatable bonds is 4. The first-order valence-electron chi connectivity index (χ1n) is 8.08. The van der Waals surface area contributed by atoms with Crippen LogP contribution in [0.4, 0.5) is 5.88 Å². The summed E-state index contributed by atoms with van der Waals surface area (Å²) in [4.78, 5) is 15.0. The van der Waals surface area contributed by atoms with Gasteiger partial charge in [0, 0.05) is 24.3 Å². The van der Waals surface area contributed by atoms with E-state index >= 15 is 0 Å². The summed E-state index contributed by atoms with van der Waals surface area (Å²) in [7, 11) is 0. The maximum atomic E-state index is 12.3. The fourth-order valence-corrected chi connectivity index (χ4v) is 3.95. The van der Waals surface area contributed by atoms with Gasteiger partial charge in [0.05, 0.1) is 17.1 Å². The highest BCUT2D eigenvalue weighted by Gasteiger charge is 2.32. The largest absolute Gasteiger partial charge is 0.338 e. The average Bonchev–Trinajstić information content (AvgIpc) is 3.17. The molecule has 3 heterocycles. The first kappa shape index (κ1) is 16.2. The van der Waals surface area contributed by atoms with Gasteiger partial charge in [0.25, 0.3) is 5.91 Å². The van der Waals surface area contributed by atoms with Gasteiger partial charge in [-0.3, -0.25) is 10.1 Å². The zero-order valence-corrected chi connectivity index (χ0v) is 14.7. The van der Waals surface area contributed by atoms with Crippen LogP contribution in [0.25, 0.3) is 0 Å². The molecule has 0 saturated carbocycles. The normalized spacial score (nSPS) is 21.5. The zero-order valence-electron chi connectivity index (χ0n) is 13.9. The lowest BCUT2D eigenvalue weighted by molar-refractivity contribution is -0.910. The van der Waals surface area contributed by atoms with Crippen LogP contribution in [0, 0.1) is 0 Å². The van der Waals surface area contributed by atoms with Gasteiger partial charge in [-0.1, -0.05) is 32.0 Å². The summed E-state index contributed by atoms with van der Waals surface area (Å²) >= 11 is 1.78. The van der Waals surface area contributed by atoms with Crippen molar-refractivity contribution in [2.24, 2.45) is 0 Å². The van der Waals surface area contributed by atoms with Crippen LogP contribution >= 0.6 is 11.3 Å². The second-order valence-corrected chi connectivity index (χ2v) is 8.15. The van der Waals surface area contributed by atoms with Gasteiger partial charge in [0.15, 0.2) is 6.54 Å². The van der Waals surface area contributed by atoms with Gasteiger partial charge in [-0.05, 0) is 11.4 Å². The van der Waals surface area contributed by atoms with Crippen molar-refractivity contribution in [2.45, 2.75) is 45.1 Å². The number of thiophene rings is 1. The smallest absolute Gasteiger partial charge is 0.281 e. The molecule has 1 amide bonds. The monoisotopic (exact) mass is 334 g/mol. The molecule has 1 unspecified atom stereocenters. The minimum absolute atomic E-state index is 0.0138. The van der Waals surface area contributed by atoms with Crippen molar-refractivity contribution in [3.05, 3.63) is 34.2 Å². The number of carbonyl (C=O) groups is 1. The maximum absolute atomic E-state index is 12.3. The Kier molecular flexibility index (Phi) is 4.55. The minimum Gasteiger partial charge on any atom is -0.338 e. The fourth-order valence-electron chi connectivity index (χ4n) is 3.03. The minimum atomic E-state index is -0.0864. The topological polar surface area (TPSA) is 59.6 Å². The van der Waals surface area contributed by atoms with E-state index in [4.69, 9.17) is 4.52 Å². The molecule has 2 N–H and O–H groups in total. The number of anilines is 1. The number of nitrogens with one attached hydrogen (secondary N) is 2. The van der Waals surface area contributed by atoms with Crippen molar-refractivity contribution in [3.8, 4) is 0 Å². The summed E-state index contributed by atoms with van der Waals surface area (Å²) < 4.78 is 5.24. The van der Waals surface area contributed by atoms with E-state index in [0.717, 1.165) is 18.7 Å². The van der Waals surface area contributed by atoms with Gasteiger partial charge in [0.2, 0.25) is 5.88 Å². The molecular formula is C17H24N3O2S+. The SMILES string of the molecule is CC(C)(C)c1cc(NC(=O)C[NH+]2CCC[C@H]2c2cccs2)on1. The molecular weight excluding hydrogens is 310 g/mol. The number of likely N-dealkylation sites (tertiary alicyclic amines) is 1. The highest BCUT2D eigenvalue weighted by molar-refractivity contribution is 7.10. The van der Waals surface area contributed by atoms with E-state index in [1.165, 1.54) is 16.2 Å². The molecule has 0 aliphatic carbocycles. The Morgan fingerprint density at radius 2 is 2.35 bits per heavy atom. The first-order chi connectivity index (χ1) is 10.9. The quantitative estimate of drug-likeness (QED) is 0.902. The third-order valence-corrected chi connectivity index (χ3v) is 5.28. The molecule has 2 aromatic heterocycles. The third-order valence-electron chi connectivity index (χ3n) is 4.30. The van der Waals surface area contributed by atoms with Gasteiger partial charge < -0.3 is 9.42 Å². The van der Waals surface area contributed by atoms with E-state index in [9.17, 15) is 4.79 Å². The zero-order chi connectivity index (χ0) is 16.4. The number of hydrogen-bond donors (Lipinski definition) is 2. The summed E-state index contributed by atoms with van der Waals surface area (Å²) in [5, 5.41) is 8.98. The van der Waals surface area contributed by atoms with Gasteiger partial charge in [-0.25, -0.2) is 0 Å². The Balaban J connectivity index is 1.60. The van der Waals surface area contributed by atoms with Crippen molar-refractivity contribution >= 4 is 23.1 Å². The molecule has 0 bridgehead atoms. The van der Waals surface area contributed by atoms with E-state index in [2.05, 4.69) is 48.8 Å². The lowest BCUT2D eigenvalue weighted by Crippen LogP contribution is -3.11. The van der Waals surface area contributed by atoms with Crippen LogP contribution in [0.1, 0.15) is 50.2 Å². The predicted octanol–water partition coefficient (Wildman–Crippen LogP) is 2.39. The molecule has 23 heavy (non-hydrogen) atoms. The highest BCUT2D eigenvalue weighted by atomic mass is 32.1. The Morgan fingerprint density at radius 1 is 1.52 bits per heavy atom. The van der Waals surface area contributed by atoms with Gasteiger partial charge in [0.1, 0.15) is 6.04 Å². The summed E-state index contributed by atoms with van der Waals surface area (Å²) in [5.41, 5.74) is 0.759. The maximum Gasteiger partial charge on any atom is 0.281 e. The van der Waals surface area contributed by atoms with E-state index in [-0.39, 0.29) is 11.3 Å². The Bertz CT molecular complexity index is 658. The molecule has 1 aliphatic heterocycles. The summed E-state index contributed by atoms with van der Waals surface area (Å²) in [6.45, 7) is 7.71. The number of aromatic nitrogens is 1. The van der Waals surface area contributed by atoms with Crippen LogP contribution in [-0.4, -0.2) is 24.2 Å². The fraction of sp³-hybridized carbons (Fsp3) is 0.529. The standard InChI is InChI=1S/C17H23N3O2S/c1-17(2,3)14-10-16(22-19-14)18-15(21)11-20-8-4-6-12(20)13-7-5-9-23-13/h5,7,9-10,12H,4,6,8,11H2,1-3H3,(H,18,21)/p+1/t12-/m0/s1. The van der Waals surface area contributed by atoms with Crippen molar-refractivity contribution in [1.82, 2.24) is 5.16 Å². The molecule has 1 aliphatic rings. The lowest BCUT2D eigenvalue weighted by Gasteiger charge is -2.19. The van der Waals surface area contributed by atoms with E-state index in [1.807, 2.05) is 6.07 Å². The van der Waals surface area contributed by atoms with Crippen LogP contribution in [0.5, 0.6) is 0 Å². The molecule has 6 heteroatoms. The number of quaternary nitrogens is 1. The van der Waals surface area contributed by atoms with E-state index < -0.39 is 0 Å². The van der Waals surface area contributed by atoms with Crippen molar-refractivity contribution in [2.75, 3.05) is 18.4 Å². The number of nitrogens with zero attached hydrogens (tertiary/aromatic N) is 1. The Labute approximate surface area is 140 Å². The van der Waals surface area contributed by atoms with E-state index in [0.29, 0.717) is 18.5 Å². The third kappa shape index (κ3) is 3.82. The van der Waals surface area contributed by atoms with Gasteiger partial charge in [-0.15, -0.1) is 11.3 Å². The molecule has 1 saturated heterocycles. The number of carbonyl (C=O) groups excluding carboxylic acids is 1. The van der Waals surface area contributed by atoms with Crippen LogP contribution in [0.15, 0.2) is 28.1 Å². The molecule has 5 nitrogen and oxygen atoms in total. The van der Waals surface area contributed by atoms with Crippen molar-refractivity contribution in [3.63, 3.8) is 0 Å². The van der Waals surface area contributed by atoms with Crippen molar-refractivity contribution < 1.29 is 14.2 Å². The van der Waals surface area contributed by atoms with Crippen LogP contribution < -0.4 is 10.2 Å². The van der Waals surface area contributed by atoms with Crippen LogP contribution in [0.3, 0.4) is 0 Å². The molecule has 0 spiro atoms. The Hall–Kier alpha value is -1.66. The second-order valence-electron chi connectivity index (χ2n) is 7.17. The number of hydrogen-bond acceptors (Lipinski definition) is 4. The molecule has 2 atom stereocenters. The molecule has 124 valence electrons. The van der Waals surface area contributed by atoms with Crippen LogP contribution in [0.2, 0.25) is 0 Å². The average molecular weight is 334 g/mol. The van der Waals surface area contributed by atoms with Crippen molar-refractivity contribution in [1.29, 1.82) is 0 Å². The summed E-state index contributed by atoms with van der Waals surface area (Å²) in [6, 6.07) is 6.51. The molecule has 0 aromatic carbocycles. The lowest BCUT2D eigenvalue weighted by atomic mass is 9.92. The number of amides is 1. The molecule has 3 rings (SSSR count). The first-order valence-corrected chi connectivity index (χ1v) is 8.96. The van der Waals surface area contributed by atoms with Gasteiger partial charge in [-0.2, -0.15) is 0 Å². The highest BCUT2D eigenvalue weighted by Crippen LogP contribution is 2.24. The van der Waals surface area contributed by atoms with Gasteiger partial charge >= 0.3 is 0 Å². The van der Waals surface area contributed by atoms with Crippen LogP contribution in [-0.2, 0) is 10.2 Å². The predicted molar refractivity (Wildman–Crippen MR) is 90.8 cm³/mol. The molecule has 0 radical (unpaired) electrons. The summed E-state index contributed by atoms with van der Waals surface area (Å²) in [6.07, 6.45) is 2.32. The summed E-state index contributed by atoms with van der Waals surface area (Å²) in [5.74, 6) is 0.422.